The number of ether oxygens (including phenoxy) is 1. The number of rotatable bonds is 3. The van der Waals surface area contributed by atoms with Crippen LogP contribution in [0.4, 0.5) is 4.39 Å². The number of hydrogen-bond acceptors (Lipinski definition) is 5. The number of fused-ring (bicyclic) bond motifs is 2. The maximum atomic E-state index is 14.2. The molecule has 0 aliphatic carbocycles. The Kier molecular flexibility index (Phi) is 5.51. The molecule has 1 aliphatic rings. The summed E-state index contributed by atoms with van der Waals surface area (Å²) in [6, 6.07) is 12.5. The highest BCUT2D eigenvalue weighted by atomic mass is 19.1. The van der Waals surface area contributed by atoms with Crippen LogP contribution in [0.3, 0.4) is 0 Å². The van der Waals surface area contributed by atoms with Crippen molar-refractivity contribution < 1.29 is 13.9 Å². The second-order valence-electron chi connectivity index (χ2n) is 8.17. The highest BCUT2D eigenvalue weighted by molar-refractivity contribution is 5.95. The minimum atomic E-state index is -0.830. The van der Waals surface area contributed by atoms with E-state index in [1.165, 1.54) is 34.7 Å². The zero-order chi connectivity index (χ0) is 23.8. The van der Waals surface area contributed by atoms with Crippen molar-refractivity contribution in [2.45, 2.75) is 32.4 Å². The largest absolute Gasteiger partial charge is 0.376 e. The number of benzene rings is 1. The number of aromatic nitrogens is 3. The first-order valence-corrected chi connectivity index (χ1v) is 10.9. The van der Waals surface area contributed by atoms with Crippen LogP contribution in [0.5, 0.6) is 0 Å². The zero-order valence-corrected chi connectivity index (χ0v) is 18.4. The molecule has 170 valence electrons. The van der Waals surface area contributed by atoms with Crippen LogP contribution in [-0.4, -0.2) is 32.6 Å². The first-order chi connectivity index (χ1) is 16.5. The topological polar surface area (TPSA) is 102 Å². The molecule has 1 aromatic carbocycles. The minimum Gasteiger partial charge on any atom is -0.376 e. The van der Waals surface area contributed by atoms with Gasteiger partial charge in [-0.05, 0) is 49.6 Å². The average molecular weight is 457 g/mol. The molecule has 0 unspecified atom stereocenters. The summed E-state index contributed by atoms with van der Waals surface area (Å²) in [6.07, 6.45) is 3.07. The first kappa shape index (κ1) is 21.7. The number of nitriles is 1. The normalized spacial score (nSPS) is 16.3. The third-order valence-electron chi connectivity index (χ3n) is 5.95. The predicted molar refractivity (Wildman–Crippen MR) is 122 cm³/mol. The molecule has 0 bridgehead atoms. The Labute approximate surface area is 193 Å². The maximum Gasteiger partial charge on any atom is 0.281 e. The molecular weight excluding hydrogens is 437 g/mol. The average Bonchev–Trinajstić information content (AvgIpc) is 3.35. The quantitative estimate of drug-likeness (QED) is 0.440. The third kappa shape index (κ3) is 3.68. The summed E-state index contributed by atoms with van der Waals surface area (Å²) < 4.78 is 23.0. The van der Waals surface area contributed by atoms with Crippen molar-refractivity contribution in [1.82, 2.24) is 14.0 Å². The van der Waals surface area contributed by atoms with Crippen LogP contribution in [0.15, 0.2) is 58.4 Å². The third-order valence-corrected chi connectivity index (χ3v) is 5.95. The Morgan fingerprint density at radius 1 is 1.29 bits per heavy atom. The van der Waals surface area contributed by atoms with Crippen molar-refractivity contribution in [3.63, 3.8) is 0 Å². The summed E-state index contributed by atoms with van der Waals surface area (Å²) in [4.78, 5) is 35.1. The van der Waals surface area contributed by atoms with Gasteiger partial charge in [0.25, 0.3) is 11.5 Å². The van der Waals surface area contributed by atoms with Crippen LogP contribution in [0.1, 0.15) is 34.3 Å². The Morgan fingerprint density at radius 3 is 2.85 bits per heavy atom. The van der Waals surface area contributed by atoms with Crippen LogP contribution in [0.25, 0.3) is 16.7 Å². The van der Waals surface area contributed by atoms with Gasteiger partial charge in [-0.1, -0.05) is 18.2 Å². The van der Waals surface area contributed by atoms with Gasteiger partial charge in [-0.15, -0.1) is 0 Å². The zero-order valence-electron chi connectivity index (χ0n) is 18.4. The molecule has 0 spiro atoms. The first-order valence-electron chi connectivity index (χ1n) is 10.9. The highest BCUT2D eigenvalue weighted by Gasteiger charge is 2.22. The number of carbonyl (C=O) groups excluding carboxylic acids is 1. The van der Waals surface area contributed by atoms with Gasteiger partial charge in [0.15, 0.2) is 5.49 Å². The molecule has 4 heterocycles. The Hall–Kier alpha value is -4.16. The number of aryl methyl sites for hydroxylation is 1. The number of halogens is 1. The molecule has 0 saturated carbocycles. The number of nitrogens with zero attached hydrogens (tertiary/aromatic N) is 5. The van der Waals surface area contributed by atoms with E-state index in [1.54, 1.807) is 16.8 Å². The second kappa shape index (κ2) is 8.65. The molecule has 5 rings (SSSR count). The van der Waals surface area contributed by atoms with E-state index in [2.05, 4.69) is 4.99 Å². The van der Waals surface area contributed by atoms with Crippen molar-refractivity contribution in [2.75, 3.05) is 6.61 Å². The van der Waals surface area contributed by atoms with Gasteiger partial charge in [0, 0.05) is 12.8 Å². The van der Waals surface area contributed by atoms with Gasteiger partial charge in [0.05, 0.1) is 29.2 Å². The van der Waals surface area contributed by atoms with Gasteiger partial charge in [0.2, 0.25) is 0 Å². The molecule has 3 aromatic heterocycles. The van der Waals surface area contributed by atoms with Crippen molar-refractivity contribution in [2.24, 2.45) is 4.99 Å². The van der Waals surface area contributed by atoms with Gasteiger partial charge in [-0.2, -0.15) is 10.3 Å². The molecular formula is C25H20FN5O3. The van der Waals surface area contributed by atoms with Crippen molar-refractivity contribution in [1.29, 1.82) is 5.26 Å². The molecule has 1 amide bonds. The fraction of sp³-hybridized carbons (Fsp3) is 0.240. The molecule has 0 N–H and O–H groups in total. The van der Waals surface area contributed by atoms with Gasteiger partial charge in [-0.3, -0.25) is 14.0 Å². The summed E-state index contributed by atoms with van der Waals surface area (Å²) in [5, 5.41) is 10.1. The lowest BCUT2D eigenvalue weighted by molar-refractivity contribution is 0.0951. The summed E-state index contributed by atoms with van der Waals surface area (Å²) in [7, 11) is 0. The number of amides is 1. The summed E-state index contributed by atoms with van der Waals surface area (Å²) in [6.45, 7) is 2.68. The van der Waals surface area contributed by atoms with Crippen molar-refractivity contribution >= 4 is 22.6 Å². The molecule has 1 saturated heterocycles. The van der Waals surface area contributed by atoms with Crippen LogP contribution in [0, 0.1) is 24.1 Å². The van der Waals surface area contributed by atoms with Crippen LogP contribution < -0.4 is 11.0 Å². The molecule has 4 aromatic rings. The molecule has 34 heavy (non-hydrogen) atoms. The standard InChI is InChI=1S/C25H20FN5O3/c1-15-6-4-10-30-21(15)28-23-19(25(30)33)12-16(13-27)22(31(23)14-17-7-5-11-34-17)29-24(32)18-8-2-3-9-20(18)26/h2-4,6,8-10,12,17H,5,7,11,14H2,1H3/t17-/m0/s1. The van der Waals surface area contributed by atoms with Crippen LogP contribution >= 0.6 is 0 Å². The van der Waals surface area contributed by atoms with Crippen molar-refractivity contribution in [3.8, 4) is 6.07 Å². The van der Waals surface area contributed by atoms with E-state index in [9.17, 15) is 19.2 Å². The number of carbonyl (C=O) groups is 1. The lowest BCUT2D eigenvalue weighted by Crippen LogP contribution is -2.33. The van der Waals surface area contributed by atoms with E-state index in [-0.39, 0.29) is 45.9 Å². The van der Waals surface area contributed by atoms with E-state index >= 15 is 0 Å². The Morgan fingerprint density at radius 2 is 2.12 bits per heavy atom. The fourth-order valence-corrected chi connectivity index (χ4v) is 4.25. The van der Waals surface area contributed by atoms with Gasteiger partial charge in [-0.25, -0.2) is 9.37 Å². The lowest BCUT2D eigenvalue weighted by atomic mass is 10.1. The molecule has 1 atom stereocenters. The van der Waals surface area contributed by atoms with Crippen molar-refractivity contribution in [3.05, 3.63) is 87.0 Å². The monoisotopic (exact) mass is 457 g/mol. The molecule has 1 fully saturated rings. The van der Waals surface area contributed by atoms with Crippen LogP contribution in [-0.2, 0) is 11.3 Å². The molecule has 1 aliphatic heterocycles. The number of pyridine rings is 2. The van der Waals surface area contributed by atoms with Gasteiger partial charge < -0.3 is 9.30 Å². The molecule has 8 nitrogen and oxygen atoms in total. The summed E-state index contributed by atoms with van der Waals surface area (Å²) >= 11 is 0. The van der Waals surface area contributed by atoms with E-state index in [0.717, 1.165) is 18.4 Å². The predicted octanol–water partition coefficient (Wildman–Crippen LogP) is 2.89. The van der Waals surface area contributed by atoms with Crippen LogP contribution in [0.2, 0.25) is 0 Å². The van der Waals surface area contributed by atoms with E-state index in [1.807, 2.05) is 19.1 Å². The Balaban J connectivity index is 1.86. The smallest absolute Gasteiger partial charge is 0.281 e. The van der Waals surface area contributed by atoms with E-state index in [0.29, 0.717) is 12.3 Å². The number of hydrogen-bond donors (Lipinski definition) is 0. The summed E-state index contributed by atoms with van der Waals surface area (Å²) in [5.41, 5.74) is 1.01. The molecule has 0 radical (unpaired) electrons. The fourth-order valence-electron chi connectivity index (χ4n) is 4.25. The van der Waals surface area contributed by atoms with E-state index < -0.39 is 11.7 Å². The van der Waals surface area contributed by atoms with Gasteiger partial charge >= 0.3 is 0 Å². The lowest BCUT2D eigenvalue weighted by Gasteiger charge is -2.17. The Bertz CT molecular complexity index is 1620. The van der Waals surface area contributed by atoms with Gasteiger partial charge in [0.1, 0.15) is 23.2 Å². The van der Waals surface area contributed by atoms with E-state index in [4.69, 9.17) is 9.72 Å². The molecule has 9 heteroatoms. The minimum absolute atomic E-state index is 0.0155. The second-order valence-corrected chi connectivity index (χ2v) is 8.17. The maximum absolute atomic E-state index is 14.2. The highest BCUT2D eigenvalue weighted by Crippen LogP contribution is 2.18. The summed E-state index contributed by atoms with van der Waals surface area (Å²) in [5.74, 6) is -1.54. The SMILES string of the molecule is Cc1cccn2c(=O)c3cc(C#N)c(=NC(=O)c4ccccc4F)n(C[C@@H]4CCCO4)c3nc12.